The summed E-state index contributed by atoms with van der Waals surface area (Å²) in [5.41, 5.74) is 3.62. The molecule has 1 heterocycles. The summed E-state index contributed by atoms with van der Waals surface area (Å²) >= 11 is 0. The molecule has 2 amide bonds. The van der Waals surface area contributed by atoms with Gasteiger partial charge in [0.25, 0.3) is 0 Å². The maximum absolute atomic E-state index is 12.4. The van der Waals surface area contributed by atoms with E-state index >= 15 is 0 Å². The van der Waals surface area contributed by atoms with E-state index in [9.17, 15) is 10.0 Å². The number of rotatable bonds is 14. The molecule has 3 aromatic carbocycles. The highest BCUT2D eigenvalue weighted by atomic mass is 16.5. The molecule has 236 valence electrons. The number of methoxy groups -OCH3 is 4. The Morgan fingerprint density at radius 1 is 0.909 bits per heavy atom. The number of urea groups is 1. The third kappa shape index (κ3) is 7.94. The van der Waals surface area contributed by atoms with Gasteiger partial charge in [0, 0.05) is 11.8 Å². The van der Waals surface area contributed by atoms with E-state index in [-0.39, 0.29) is 18.8 Å². The van der Waals surface area contributed by atoms with Crippen molar-refractivity contribution in [2.45, 2.75) is 51.4 Å². The Bertz CT molecular complexity index is 1390. The molecule has 0 aliphatic carbocycles. The Hall–Kier alpha value is -4.41. The van der Waals surface area contributed by atoms with E-state index in [1.807, 2.05) is 55.5 Å². The molecule has 1 aliphatic rings. The molecule has 1 fully saturated rings. The minimum absolute atomic E-state index is 0.0766. The van der Waals surface area contributed by atoms with Crippen LogP contribution in [0, 0.1) is 0 Å². The third-order valence-electron chi connectivity index (χ3n) is 7.35. The van der Waals surface area contributed by atoms with E-state index in [0.29, 0.717) is 46.8 Å². The number of ether oxygens (including phenoxy) is 6. The van der Waals surface area contributed by atoms with E-state index in [4.69, 9.17) is 28.4 Å². The number of hydroxylamine groups is 2. The van der Waals surface area contributed by atoms with Gasteiger partial charge in [0.15, 0.2) is 23.0 Å². The number of benzene rings is 3. The summed E-state index contributed by atoms with van der Waals surface area (Å²) in [6, 6.07) is 16.5. The van der Waals surface area contributed by atoms with Gasteiger partial charge in [-0.25, -0.2) is 9.86 Å². The number of nitrogens with one attached hydrogen (secondary N) is 1. The van der Waals surface area contributed by atoms with E-state index in [2.05, 4.69) is 11.4 Å². The van der Waals surface area contributed by atoms with Crippen LogP contribution in [0.5, 0.6) is 28.7 Å². The quantitative estimate of drug-likeness (QED) is 0.153. The van der Waals surface area contributed by atoms with Gasteiger partial charge in [-0.15, -0.1) is 0 Å². The Morgan fingerprint density at radius 3 is 2.07 bits per heavy atom. The Morgan fingerprint density at radius 2 is 1.50 bits per heavy atom. The number of hydrogen-bond donors (Lipinski definition) is 2. The molecule has 2 N–H and O–H groups in total. The molecule has 1 saturated heterocycles. The van der Waals surface area contributed by atoms with E-state index in [1.165, 1.54) is 6.20 Å². The highest BCUT2D eigenvalue weighted by Gasteiger charge is 2.31. The lowest BCUT2D eigenvalue weighted by atomic mass is 9.99. The first-order valence-corrected chi connectivity index (χ1v) is 14.7. The lowest BCUT2D eigenvalue weighted by Crippen LogP contribution is -2.34. The molecule has 3 aromatic rings. The molecule has 44 heavy (non-hydrogen) atoms. The lowest BCUT2D eigenvalue weighted by molar-refractivity contribution is -0.0495. The molecule has 0 spiro atoms. The van der Waals surface area contributed by atoms with E-state index in [0.717, 1.165) is 41.5 Å². The fourth-order valence-corrected chi connectivity index (χ4v) is 5.17. The predicted molar refractivity (Wildman–Crippen MR) is 166 cm³/mol. The smallest absolute Gasteiger partial charge is 0.345 e. The van der Waals surface area contributed by atoms with Crippen molar-refractivity contribution in [1.29, 1.82) is 0 Å². The number of amides is 2. The van der Waals surface area contributed by atoms with Crippen LogP contribution < -0.4 is 29.0 Å². The number of carbonyl (C=O) groups is 1. The molecule has 10 nitrogen and oxygen atoms in total. The van der Waals surface area contributed by atoms with Crippen LogP contribution in [0.15, 0.2) is 66.9 Å². The average molecular weight is 607 g/mol. The zero-order valence-electron chi connectivity index (χ0n) is 26.0. The zero-order chi connectivity index (χ0) is 31.5. The van der Waals surface area contributed by atoms with Crippen molar-refractivity contribution in [2.24, 2.45) is 0 Å². The van der Waals surface area contributed by atoms with Crippen LogP contribution in [0.4, 0.5) is 4.79 Å². The summed E-state index contributed by atoms with van der Waals surface area (Å²) in [4.78, 5) is 12.4. The maximum Gasteiger partial charge on any atom is 0.345 e. The zero-order valence-corrected chi connectivity index (χ0v) is 26.0. The Labute approximate surface area is 259 Å². The second-order valence-electron chi connectivity index (χ2n) is 10.3. The molecule has 1 aliphatic heterocycles. The molecule has 0 radical (unpaired) electrons. The van der Waals surface area contributed by atoms with Crippen molar-refractivity contribution >= 4 is 6.03 Å². The Kier molecular flexibility index (Phi) is 11.7. The number of hydrogen-bond acceptors (Lipinski definition) is 8. The van der Waals surface area contributed by atoms with Gasteiger partial charge in [-0.2, -0.15) is 0 Å². The van der Waals surface area contributed by atoms with Gasteiger partial charge in [-0.1, -0.05) is 43.3 Å². The van der Waals surface area contributed by atoms with E-state index < -0.39 is 6.03 Å². The van der Waals surface area contributed by atoms with Gasteiger partial charge in [-0.3, -0.25) is 5.21 Å². The summed E-state index contributed by atoms with van der Waals surface area (Å²) in [6.07, 6.45) is 5.90. The third-order valence-corrected chi connectivity index (χ3v) is 7.35. The van der Waals surface area contributed by atoms with Gasteiger partial charge in [0.05, 0.1) is 53.8 Å². The predicted octanol–water partition coefficient (Wildman–Crippen LogP) is 6.76. The van der Waals surface area contributed by atoms with Crippen molar-refractivity contribution in [2.75, 3.05) is 35.0 Å². The summed E-state index contributed by atoms with van der Waals surface area (Å²) in [6.45, 7) is 2.65. The van der Waals surface area contributed by atoms with Crippen LogP contribution in [0.2, 0.25) is 0 Å². The normalized spacial score (nSPS) is 16.0. The lowest BCUT2D eigenvalue weighted by Gasteiger charge is -2.20. The molecule has 4 rings (SSSR count). The van der Waals surface area contributed by atoms with Crippen LogP contribution in [0.1, 0.15) is 60.6 Å². The van der Waals surface area contributed by atoms with Crippen LogP contribution in [-0.2, 0) is 17.7 Å². The number of nitrogens with zero attached hydrogens (tertiary/aromatic N) is 1. The van der Waals surface area contributed by atoms with Crippen molar-refractivity contribution in [1.82, 2.24) is 10.4 Å². The van der Waals surface area contributed by atoms with Crippen molar-refractivity contribution in [3.63, 3.8) is 0 Å². The monoisotopic (exact) mass is 606 g/mol. The minimum atomic E-state index is -0.629. The van der Waals surface area contributed by atoms with Gasteiger partial charge >= 0.3 is 6.03 Å². The van der Waals surface area contributed by atoms with Gasteiger partial charge in [0.2, 0.25) is 5.75 Å². The second kappa shape index (κ2) is 15.9. The van der Waals surface area contributed by atoms with Crippen LogP contribution in [0.3, 0.4) is 0 Å². The second-order valence-corrected chi connectivity index (χ2v) is 10.3. The largest absolute Gasteiger partial charge is 0.493 e. The first-order chi connectivity index (χ1) is 21.4. The molecule has 2 atom stereocenters. The number of carbonyl (C=O) groups excluding carboxylic acids is 1. The standard InChI is InChI=1S/C34H42N2O8/c1-6-17-43-32-24(13-10-16-35-34(37)36(38)22-23-11-8-7-9-12-23)18-25(19-29(32)39-2)27-14-15-28(44-27)26-20-30(40-3)33(42-5)31(21-26)41-4/h7-12,16,18-21,27-28,38H,6,13-15,17,22H2,1-5H3,(H,35,37). The molecule has 0 saturated carbocycles. The number of allylic oxidation sites excluding steroid dienone is 1. The maximum atomic E-state index is 12.4. The highest BCUT2D eigenvalue weighted by Crippen LogP contribution is 2.47. The summed E-state index contributed by atoms with van der Waals surface area (Å²) < 4.78 is 35.0. The molecule has 0 bridgehead atoms. The van der Waals surface area contributed by atoms with Crippen molar-refractivity contribution in [3.8, 4) is 28.7 Å². The average Bonchev–Trinajstić information content (AvgIpc) is 3.55. The fraction of sp³-hybridized carbons (Fsp3) is 0.382. The van der Waals surface area contributed by atoms with Crippen LogP contribution in [0.25, 0.3) is 0 Å². The topological polar surface area (TPSA) is 108 Å². The molecular weight excluding hydrogens is 564 g/mol. The van der Waals surface area contributed by atoms with Crippen LogP contribution in [-0.4, -0.2) is 51.3 Å². The molecule has 10 heteroatoms. The van der Waals surface area contributed by atoms with E-state index in [1.54, 1.807) is 34.5 Å². The SMILES string of the molecule is CCCOc1c(CC=CNC(=O)N(O)Cc2ccccc2)cc(C2CCC(c3cc(OC)c(OC)c(OC)c3)O2)cc1OC. The molecular formula is C34H42N2O8. The van der Waals surface area contributed by atoms with Crippen molar-refractivity contribution in [3.05, 3.63) is 89.1 Å². The minimum Gasteiger partial charge on any atom is -0.493 e. The fourth-order valence-electron chi connectivity index (χ4n) is 5.17. The first kappa shape index (κ1) is 32.5. The van der Waals surface area contributed by atoms with Crippen LogP contribution >= 0.6 is 0 Å². The first-order valence-electron chi connectivity index (χ1n) is 14.7. The summed E-state index contributed by atoms with van der Waals surface area (Å²) in [7, 11) is 6.39. The molecule has 0 aromatic heterocycles. The molecule has 2 unspecified atom stereocenters. The van der Waals surface area contributed by atoms with Gasteiger partial charge < -0.3 is 33.7 Å². The Balaban J connectivity index is 1.50. The van der Waals surface area contributed by atoms with Gasteiger partial charge in [0.1, 0.15) is 0 Å². The summed E-state index contributed by atoms with van der Waals surface area (Å²) in [5.74, 6) is 2.98. The highest BCUT2D eigenvalue weighted by molar-refractivity contribution is 5.73. The van der Waals surface area contributed by atoms with Crippen molar-refractivity contribution < 1.29 is 38.4 Å². The van der Waals surface area contributed by atoms with Gasteiger partial charge in [-0.05, 0) is 66.6 Å². The summed E-state index contributed by atoms with van der Waals surface area (Å²) in [5, 5.41) is 13.4.